The largest absolute Gasteiger partial charge is 0.325 e. The molecule has 2 aromatic rings. The summed E-state index contributed by atoms with van der Waals surface area (Å²) in [4.78, 5) is 12.9. The number of benzene rings is 2. The van der Waals surface area contributed by atoms with Crippen LogP contribution in [-0.4, -0.2) is 14.3 Å². The number of amides is 1. The van der Waals surface area contributed by atoms with E-state index in [1.54, 1.807) is 18.2 Å². The number of carbonyl (C=O) groups is 1. The predicted molar refractivity (Wildman–Crippen MR) is 102 cm³/mol. The lowest BCUT2D eigenvalue weighted by Crippen LogP contribution is -2.18. The van der Waals surface area contributed by atoms with E-state index in [0.29, 0.717) is 12.1 Å². The molecular weight excluding hydrogens is 367 g/mol. The first-order valence-electron chi connectivity index (χ1n) is 8.77. The van der Waals surface area contributed by atoms with Gasteiger partial charge in [-0.25, -0.2) is 17.9 Å². The van der Waals surface area contributed by atoms with Gasteiger partial charge in [-0.05, 0) is 47.2 Å². The standard InChI is InChI=1S/C20H23FN2O3S/c1-4-12-5-8-14(21)11-16(12)23-19(24)18-17(20(18,2)3)13-6-9-15(10-7-13)27(22,25)26/h5-11,17-18H,4H2,1-3H3,(H,23,24)(H2,22,25,26). The van der Waals surface area contributed by atoms with Crippen LogP contribution in [-0.2, 0) is 21.2 Å². The van der Waals surface area contributed by atoms with Gasteiger partial charge in [0.2, 0.25) is 15.9 Å². The van der Waals surface area contributed by atoms with Gasteiger partial charge in [0.15, 0.2) is 0 Å². The molecule has 7 heteroatoms. The van der Waals surface area contributed by atoms with Crippen LogP contribution in [0.25, 0.3) is 0 Å². The molecule has 0 saturated heterocycles. The van der Waals surface area contributed by atoms with E-state index < -0.39 is 15.8 Å². The molecule has 0 bridgehead atoms. The van der Waals surface area contributed by atoms with Gasteiger partial charge in [0.05, 0.1) is 10.8 Å². The second-order valence-electron chi connectivity index (χ2n) is 7.54. The lowest BCUT2D eigenvalue weighted by Gasteiger charge is -2.10. The molecule has 5 nitrogen and oxygen atoms in total. The van der Waals surface area contributed by atoms with Crippen LogP contribution >= 0.6 is 0 Å². The van der Waals surface area contributed by atoms with E-state index >= 15 is 0 Å². The highest BCUT2D eigenvalue weighted by Gasteiger charge is 2.62. The van der Waals surface area contributed by atoms with Crippen LogP contribution in [0, 0.1) is 17.2 Å². The third-order valence-corrected chi connectivity index (χ3v) is 6.32. The fraction of sp³-hybridized carbons (Fsp3) is 0.350. The Hall–Kier alpha value is -2.25. The Bertz CT molecular complexity index is 985. The van der Waals surface area contributed by atoms with Gasteiger partial charge in [0.25, 0.3) is 0 Å². The monoisotopic (exact) mass is 390 g/mol. The molecule has 1 amide bonds. The molecule has 1 aliphatic rings. The van der Waals surface area contributed by atoms with Gasteiger partial charge in [-0.1, -0.05) is 39.0 Å². The first-order valence-corrected chi connectivity index (χ1v) is 10.3. The van der Waals surface area contributed by atoms with Crippen LogP contribution in [0.1, 0.15) is 37.8 Å². The average molecular weight is 390 g/mol. The Labute approximate surface area is 158 Å². The van der Waals surface area contributed by atoms with E-state index in [9.17, 15) is 17.6 Å². The quantitative estimate of drug-likeness (QED) is 0.820. The Balaban J connectivity index is 1.81. The van der Waals surface area contributed by atoms with Crippen molar-refractivity contribution in [2.45, 2.75) is 38.0 Å². The van der Waals surface area contributed by atoms with Crippen molar-refractivity contribution in [2.24, 2.45) is 16.5 Å². The van der Waals surface area contributed by atoms with Crippen molar-refractivity contribution < 1.29 is 17.6 Å². The normalized spacial score (nSPS) is 20.9. The van der Waals surface area contributed by atoms with Crippen molar-refractivity contribution in [2.75, 3.05) is 5.32 Å². The Morgan fingerprint density at radius 3 is 2.37 bits per heavy atom. The molecule has 0 aliphatic heterocycles. The van der Waals surface area contributed by atoms with E-state index in [2.05, 4.69) is 5.32 Å². The number of sulfonamides is 1. The predicted octanol–water partition coefficient (Wildman–Crippen LogP) is 3.41. The first kappa shape index (κ1) is 19.5. The summed E-state index contributed by atoms with van der Waals surface area (Å²) >= 11 is 0. The van der Waals surface area contributed by atoms with Crippen LogP contribution in [0.3, 0.4) is 0 Å². The summed E-state index contributed by atoms with van der Waals surface area (Å²) < 4.78 is 36.4. The van der Waals surface area contributed by atoms with E-state index in [0.717, 1.165) is 11.1 Å². The van der Waals surface area contributed by atoms with Crippen LogP contribution in [0.4, 0.5) is 10.1 Å². The molecule has 1 saturated carbocycles. The van der Waals surface area contributed by atoms with Crippen molar-refractivity contribution in [1.29, 1.82) is 0 Å². The summed E-state index contributed by atoms with van der Waals surface area (Å²) in [6.07, 6.45) is 0.683. The van der Waals surface area contributed by atoms with Crippen LogP contribution in [0.15, 0.2) is 47.4 Å². The highest BCUT2D eigenvalue weighted by Crippen LogP contribution is 2.64. The molecule has 3 rings (SSSR count). The molecule has 0 aromatic heterocycles. The lowest BCUT2D eigenvalue weighted by molar-refractivity contribution is -0.118. The molecule has 0 heterocycles. The van der Waals surface area contributed by atoms with Crippen molar-refractivity contribution in [1.82, 2.24) is 0 Å². The van der Waals surface area contributed by atoms with Crippen molar-refractivity contribution in [3.63, 3.8) is 0 Å². The van der Waals surface area contributed by atoms with Crippen LogP contribution < -0.4 is 10.5 Å². The lowest BCUT2D eigenvalue weighted by atomic mass is 10.0. The number of nitrogens with two attached hydrogens (primary N) is 1. The molecule has 2 aromatic carbocycles. The molecule has 1 aliphatic carbocycles. The van der Waals surface area contributed by atoms with E-state index in [4.69, 9.17) is 5.14 Å². The number of primary sulfonamides is 1. The second-order valence-corrected chi connectivity index (χ2v) is 9.10. The molecule has 27 heavy (non-hydrogen) atoms. The number of carbonyl (C=O) groups excluding carboxylic acids is 1. The third-order valence-electron chi connectivity index (χ3n) is 5.39. The van der Waals surface area contributed by atoms with Gasteiger partial charge < -0.3 is 5.32 Å². The summed E-state index contributed by atoms with van der Waals surface area (Å²) in [6.45, 7) is 5.92. The number of anilines is 1. The molecule has 0 radical (unpaired) electrons. The Morgan fingerprint density at radius 1 is 1.19 bits per heavy atom. The molecule has 3 N–H and O–H groups in total. The van der Waals surface area contributed by atoms with Gasteiger partial charge in [-0.15, -0.1) is 0 Å². The first-order chi connectivity index (χ1) is 12.6. The van der Waals surface area contributed by atoms with E-state index in [-0.39, 0.29) is 28.1 Å². The number of aryl methyl sites for hydroxylation is 1. The topological polar surface area (TPSA) is 89.3 Å². The van der Waals surface area contributed by atoms with Gasteiger partial charge in [-0.2, -0.15) is 0 Å². The molecule has 2 atom stereocenters. The highest BCUT2D eigenvalue weighted by atomic mass is 32.2. The Morgan fingerprint density at radius 2 is 1.81 bits per heavy atom. The zero-order chi connectivity index (χ0) is 20.0. The molecular formula is C20H23FN2O3S. The number of nitrogens with one attached hydrogen (secondary N) is 1. The maximum atomic E-state index is 13.6. The van der Waals surface area contributed by atoms with Gasteiger partial charge >= 0.3 is 0 Å². The number of rotatable bonds is 5. The average Bonchev–Trinajstić information content (AvgIpc) is 3.17. The molecule has 1 fully saturated rings. The molecule has 0 spiro atoms. The highest BCUT2D eigenvalue weighted by molar-refractivity contribution is 7.89. The Kier molecular flexibility index (Phi) is 4.86. The zero-order valence-electron chi connectivity index (χ0n) is 15.5. The fourth-order valence-corrected chi connectivity index (χ4v) is 4.31. The van der Waals surface area contributed by atoms with Crippen LogP contribution in [0.5, 0.6) is 0 Å². The summed E-state index contributed by atoms with van der Waals surface area (Å²) in [5, 5.41) is 7.99. The molecule has 144 valence electrons. The minimum atomic E-state index is -3.75. The maximum Gasteiger partial charge on any atom is 0.238 e. The second kappa shape index (κ2) is 6.73. The summed E-state index contributed by atoms with van der Waals surface area (Å²) in [6, 6.07) is 10.7. The van der Waals surface area contributed by atoms with E-state index in [1.165, 1.54) is 24.3 Å². The minimum absolute atomic E-state index is 0.0399. The SMILES string of the molecule is CCc1ccc(F)cc1NC(=O)C1C(c2ccc(S(N)(=O)=O)cc2)C1(C)C. The number of hydrogen-bond acceptors (Lipinski definition) is 3. The van der Waals surface area contributed by atoms with Crippen LogP contribution in [0.2, 0.25) is 0 Å². The summed E-state index contributed by atoms with van der Waals surface area (Å²) in [5.41, 5.74) is 1.96. The molecule has 2 unspecified atom stereocenters. The van der Waals surface area contributed by atoms with Gasteiger partial charge in [0, 0.05) is 11.6 Å². The van der Waals surface area contributed by atoms with Crippen molar-refractivity contribution >= 4 is 21.6 Å². The third kappa shape index (κ3) is 3.75. The van der Waals surface area contributed by atoms with Crippen molar-refractivity contribution in [3.05, 3.63) is 59.4 Å². The smallest absolute Gasteiger partial charge is 0.238 e. The van der Waals surface area contributed by atoms with Crippen molar-refractivity contribution in [3.8, 4) is 0 Å². The van der Waals surface area contributed by atoms with Gasteiger partial charge in [0.1, 0.15) is 5.82 Å². The van der Waals surface area contributed by atoms with Gasteiger partial charge in [-0.3, -0.25) is 4.79 Å². The number of halogens is 1. The summed E-state index contributed by atoms with van der Waals surface area (Å²) in [7, 11) is -3.75. The zero-order valence-corrected chi connectivity index (χ0v) is 16.3. The fourth-order valence-electron chi connectivity index (χ4n) is 3.80. The minimum Gasteiger partial charge on any atom is -0.325 e. The van der Waals surface area contributed by atoms with E-state index in [1.807, 2.05) is 20.8 Å². The number of hydrogen-bond donors (Lipinski definition) is 2. The summed E-state index contributed by atoms with van der Waals surface area (Å²) in [5.74, 6) is -0.898. The maximum absolute atomic E-state index is 13.6.